The smallest absolute Gasteiger partial charge is 0.144 e. The van der Waals surface area contributed by atoms with Crippen molar-refractivity contribution in [1.29, 1.82) is 0 Å². The summed E-state index contributed by atoms with van der Waals surface area (Å²) in [6.07, 6.45) is 1.38. The second kappa shape index (κ2) is 8.02. The molecule has 0 bridgehead atoms. The predicted octanol–water partition coefficient (Wildman–Crippen LogP) is 3.30. The van der Waals surface area contributed by atoms with Crippen molar-refractivity contribution in [3.63, 3.8) is 0 Å². The van der Waals surface area contributed by atoms with Gasteiger partial charge in [-0.15, -0.1) is 0 Å². The Hall–Kier alpha value is -2.17. The van der Waals surface area contributed by atoms with Crippen molar-refractivity contribution in [1.82, 2.24) is 5.32 Å². The Morgan fingerprint density at radius 2 is 1.54 bits per heavy atom. The van der Waals surface area contributed by atoms with Crippen LogP contribution in [0.25, 0.3) is 0 Å². The summed E-state index contributed by atoms with van der Waals surface area (Å²) in [5.74, 6) is 0. The molecule has 0 fully saturated rings. The van der Waals surface area contributed by atoms with Gasteiger partial charge in [-0.25, -0.2) is 0 Å². The molecule has 1 unspecified atom stereocenters. The molecule has 26 heavy (non-hydrogen) atoms. The van der Waals surface area contributed by atoms with E-state index < -0.39 is 6.10 Å². The van der Waals surface area contributed by atoms with E-state index in [0.717, 1.165) is 29.7 Å². The molecule has 2 aromatic carbocycles. The van der Waals surface area contributed by atoms with Crippen LogP contribution >= 0.6 is 0 Å². The summed E-state index contributed by atoms with van der Waals surface area (Å²) in [6, 6.07) is 16.7. The number of oxime groups is 1. The van der Waals surface area contributed by atoms with Crippen molar-refractivity contribution >= 4 is 5.71 Å². The van der Waals surface area contributed by atoms with E-state index in [1.807, 2.05) is 12.1 Å². The fourth-order valence-electron chi connectivity index (χ4n) is 3.12. The van der Waals surface area contributed by atoms with E-state index in [1.54, 1.807) is 0 Å². The third kappa shape index (κ3) is 4.71. The molecular formula is C22H28N2O2. The number of nitrogens with one attached hydrogen (secondary N) is 1. The number of hydrogen-bond donors (Lipinski definition) is 2. The lowest BCUT2D eigenvalue weighted by atomic mass is 9.98. The van der Waals surface area contributed by atoms with E-state index in [-0.39, 0.29) is 12.1 Å². The zero-order valence-electron chi connectivity index (χ0n) is 15.8. The number of fused-ring (bicyclic) bond motifs is 2. The quantitative estimate of drug-likeness (QED) is 0.812. The Bertz CT molecular complexity index is 728. The van der Waals surface area contributed by atoms with E-state index in [0.29, 0.717) is 6.54 Å². The summed E-state index contributed by atoms with van der Waals surface area (Å²) < 4.78 is 0. The normalized spacial score (nSPS) is 14.8. The monoisotopic (exact) mass is 352 g/mol. The largest absolute Gasteiger partial charge is 0.392 e. The van der Waals surface area contributed by atoms with Crippen LogP contribution in [0.3, 0.4) is 0 Å². The van der Waals surface area contributed by atoms with E-state index >= 15 is 0 Å². The lowest BCUT2D eigenvalue weighted by Crippen LogP contribution is -2.42. The Labute approximate surface area is 155 Å². The van der Waals surface area contributed by atoms with Crippen LogP contribution in [0.5, 0.6) is 0 Å². The molecule has 1 atom stereocenters. The van der Waals surface area contributed by atoms with Gasteiger partial charge in [0, 0.05) is 23.2 Å². The first kappa shape index (κ1) is 18.6. The second-order valence-electron chi connectivity index (χ2n) is 7.83. The maximum Gasteiger partial charge on any atom is 0.144 e. The maximum absolute atomic E-state index is 10.1. The van der Waals surface area contributed by atoms with Crippen molar-refractivity contribution in [2.75, 3.05) is 13.2 Å². The van der Waals surface area contributed by atoms with Gasteiger partial charge in [0.05, 0.1) is 0 Å². The molecule has 2 aromatic rings. The predicted molar refractivity (Wildman–Crippen MR) is 106 cm³/mol. The molecule has 0 saturated carbocycles. The van der Waals surface area contributed by atoms with Gasteiger partial charge in [0.15, 0.2) is 0 Å². The zero-order chi connectivity index (χ0) is 18.6. The number of nitrogens with zero attached hydrogens (tertiary/aromatic N) is 1. The lowest BCUT2D eigenvalue weighted by Gasteiger charge is -2.22. The number of aliphatic hydroxyl groups is 1. The lowest BCUT2D eigenvalue weighted by molar-refractivity contribution is 0.0374. The van der Waals surface area contributed by atoms with Gasteiger partial charge < -0.3 is 15.3 Å². The van der Waals surface area contributed by atoms with Crippen LogP contribution in [0.1, 0.15) is 43.0 Å². The first-order chi connectivity index (χ1) is 12.4. The van der Waals surface area contributed by atoms with Crippen LogP contribution in [-0.2, 0) is 17.7 Å². The Balaban J connectivity index is 1.79. The van der Waals surface area contributed by atoms with Crippen LogP contribution in [-0.4, -0.2) is 35.6 Å². The molecule has 1 aliphatic rings. The summed E-state index contributed by atoms with van der Waals surface area (Å²) in [7, 11) is 0. The topological polar surface area (TPSA) is 53.8 Å². The van der Waals surface area contributed by atoms with Crippen LogP contribution in [0, 0.1) is 0 Å². The minimum absolute atomic E-state index is 0.0357. The van der Waals surface area contributed by atoms with Crippen molar-refractivity contribution in [3.8, 4) is 0 Å². The highest BCUT2D eigenvalue weighted by Gasteiger charge is 2.20. The van der Waals surface area contributed by atoms with Crippen molar-refractivity contribution in [2.45, 2.75) is 45.3 Å². The molecule has 4 nitrogen and oxygen atoms in total. The molecule has 1 aliphatic carbocycles. The minimum atomic E-state index is -0.602. The van der Waals surface area contributed by atoms with Crippen molar-refractivity contribution < 1.29 is 9.94 Å². The third-order valence-corrected chi connectivity index (χ3v) is 4.50. The molecule has 0 spiro atoms. The van der Waals surface area contributed by atoms with Gasteiger partial charge in [0.2, 0.25) is 0 Å². The van der Waals surface area contributed by atoms with Gasteiger partial charge in [0.25, 0.3) is 0 Å². The fraction of sp³-hybridized carbons (Fsp3) is 0.409. The first-order valence-electron chi connectivity index (χ1n) is 9.23. The number of β-amino-alcohol motifs (C(OH)–C–C–N with tert-alkyl or cyclic N) is 1. The van der Waals surface area contributed by atoms with Gasteiger partial charge in [-0.2, -0.15) is 0 Å². The number of hydrogen-bond acceptors (Lipinski definition) is 4. The van der Waals surface area contributed by atoms with Gasteiger partial charge in [0.1, 0.15) is 18.4 Å². The maximum atomic E-state index is 10.1. The van der Waals surface area contributed by atoms with Crippen LogP contribution in [0.2, 0.25) is 0 Å². The average Bonchev–Trinajstić information content (AvgIpc) is 2.77. The van der Waals surface area contributed by atoms with E-state index in [1.165, 1.54) is 11.1 Å². The number of benzene rings is 2. The molecule has 0 radical (unpaired) electrons. The summed E-state index contributed by atoms with van der Waals surface area (Å²) in [6.45, 7) is 6.85. The van der Waals surface area contributed by atoms with E-state index in [9.17, 15) is 5.11 Å². The molecule has 3 rings (SSSR count). The Morgan fingerprint density at radius 3 is 2.08 bits per heavy atom. The molecule has 0 aliphatic heterocycles. The first-order valence-corrected chi connectivity index (χ1v) is 9.23. The van der Waals surface area contributed by atoms with Crippen LogP contribution < -0.4 is 5.32 Å². The van der Waals surface area contributed by atoms with Gasteiger partial charge >= 0.3 is 0 Å². The summed E-state index contributed by atoms with van der Waals surface area (Å²) in [5, 5.41) is 17.8. The summed E-state index contributed by atoms with van der Waals surface area (Å²) >= 11 is 0. The van der Waals surface area contributed by atoms with Crippen LogP contribution in [0.4, 0.5) is 0 Å². The van der Waals surface area contributed by atoms with Gasteiger partial charge in [-0.1, -0.05) is 53.7 Å². The van der Waals surface area contributed by atoms with Gasteiger partial charge in [-0.3, -0.25) is 0 Å². The number of rotatable bonds is 5. The standard InChI is InChI=1S/C22H28N2O2/c1-22(2,3)23-14-18(25)15-26-24-21-19-10-6-4-8-16(19)12-13-17-9-5-7-11-20(17)21/h4-11,18,23,25H,12-15H2,1-3H3. The highest BCUT2D eigenvalue weighted by molar-refractivity contribution is 6.14. The number of aryl methyl sites for hydroxylation is 2. The minimum Gasteiger partial charge on any atom is -0.392 e. The average molecular weight is 352 g/mol. The molecule has 0 amide bonds. The van der Waals surface area contributed by atoms with E-state index in [2.05, 4.69) is 67.6 Å². The Morgan fingerprint density at radius 1 is 1.00 bits per heavy atom. The molecule has 138 valence electrons. The third-order valence-electron chi connectivity index (χ3n) is 4.50. The molecule has 0 aromatic heterocycles. The second-order valence-corrected chi connectivity index (χ2v) is 7.83. The summed E-state index contributed by atoms with van der Waals surface area (Å²) in [5.41, 5.74) is 5.60. The molecule has 4 heteroatoms. The Kier molecular flexibility index (Phi) is 5.74. The molecular weight excluding hydrogens is 324 g/mol. The highest BCUT2D eigenvalue weighted by Crippen LogP contribution is 2.25. The molecule has 0 saturated heterocycles. The molecule has 2 N–H and O–H groups in total. The summed E-state index contributed by atoms with van der Waals surface area (Å²) in [4.78, 5) is 5.57. The van der Waals surface area contributed by atoms with Crippen molar-refractivity contribution in [2.24, 2.45) is 5.16 Å². The van der Waals surface area contributed by atoms with Crippen LogP contribution in [0.15, 0.2) is 53.7 Å². The number of aliphatic hydroxyl groups excluding tert-OH is 1. The fourth-order valence-corrected chi connectivity index (χ4v) is 3.12. The van der Waals surface area contributed by atoms with Gasteiger partial charge in [-0.05, 0) is 44.7 Å². The molecule has 0 heterocycles. The SMILES string of the molecule is CC(C)(C)NCC(O)CON=C1c2ccccc2CCc2ccccc21. The highest BCUT2D eigenvalue weighted by atomic mass is 16.6. The zero-order valence-corrected chi connectivity index (χ0v) is 15.8. The van der Waals surface area contributed by atoms with E-state index in [4.69, 9.17) is 4.84 Å². The van der Waals surface area contributed by atoms with Crippen molar-refractivity contribution in [3.05, 3.63) is 70.8 Å².